The minimum Gasteiger partial charge on any atom is -0.477 e. The van der Waals surface area contributed by atoms with Crippen LogP contribution in [0.1, 0.15) is 5.82 Å². The topological polar surface area (TPSA) is 141 Å². The number of carboxylic acid groups (broad SMARTS) is 1. The smallest absolute Gasteiger partial charge is 0.352 e. The summed E-state index contributed by atoms with van der Waals surface area (Å²) >= 11 is 1.40. The Morgan fingerprint density at radius 3 is 3.05 bits per heavy atom. The lowest BCUT2D eigenvalue weighted by molar-refractivity contribution is -0.150. The molecule has 0 bridgehead atoms. The van der Waals surface area contributed by atoms with Gasteiger partial charge >= 0.3 is 5.97 Å². The predicted molar refractivity (Wildman–Crippen MR) is 68.6 cm³/mol. The maximum atomic E-state index is 12.0. The van der Waals surface area contributed by atoms with Gasteiger partial charge in [0.1, 0.15) is 17.1 Å². The lowest BCUT2D eigenvalue weighted by Crippen LogP contribution is -2.70. The monoisotopic (exact) mass is 310 g/mol. The van der Waals surface area contributed by atoms with E-state index in [0.717, 1.165) is 0 Å². The number of rotatable bonds is 4. The van der Waals surface area contributed by atoms with Crippen molar-refractivity contribution < 1.29 is 19.5 Å². The number of β-lactam (4-membered cyclic amide) rings is 1. The zero-order chi connectivity index (χ0) is 15.0. The average molecular weight is 310 g/mol. The van der Waals surface area contributed by atoms with E-state index in [0.29, 0.717) is 5.75 Å². The van der Waals surface area contributed by atoms with Gasteiger partial charge < -0.3 is 10.4 Å². The molecule has 3 heterocycles. The quantitative estimate of drug-likeness (QED) is 0.548. The van der Waals surface area contributed by atoms with Gasteiger partial charge in [-0.1, -0.05) is 5.21 Å². The molecule has 2 aliphatic heterocycles. The minimum absolute atomic E-state index is 0.0348. The minimum atomic E-state index is -1.15. The maximum absolute atomic E-state index is 12.0. The van der Waals surface area contributed by atoms with Gasteiger partial charge in [0.2, 0.25) is 5.91 Å². The molecule has 1 aromatic heterocycles. The molecular formula is C10H10N6O4S. The molecule has 0 aromatic carbocycles. The molecular weight excluding hydrogens is 300 g/mol. The number of carbonyl (C=O) groups is 3. The summed E-state index contributed by atoms with van der Waals surface area (Å²) in [6.07, 6.45) is 1.39. The maximum Gasteiger partial charge on any atom is 0.352 e. The molecule has 1 aromatic rings. The molecule has 1 fully saturated rings. The van der Waals surface area contributed by atoms with Crippen LogP contribution >= 0.6 is 11.8 Å². The number of aromatic amines is 1. The van der Waals surface area contributed by atoms with Gasteiger partial charge in [-0.05, 0) is 6.08 Å². The second-order valence-corrected chi connectivity index (χ2v) is 5.53. The second kappa shape index (κ2) is 5.16. The van der Waals surface area contributed by atoms with Crippen LogP contribution in [0.4, 0.5) is 0 Å². The van der Waals surface area contributed by atoms with E-state index in [-0.39, 0.29) is 23.3 Å². The molecule has 0 saturated carbocycles. The highest BCUT2D eigenvalue weighted by Crippen LogP contribution is 2.37. The van der Waals surface area contributed by atoms with E-state index in [1.165, 1.54) is 22.7 Å². The summed E-state index contributed by atoms with van der Waals surface area (Å²) in [4.78, 5) is 36.0. The summed E-state index contributed by atoms with van der Waals surface area (Å²) in [6.45, 7) is 0. The van der Waals surface area contributed by atoms with Crippen molar-refractivity contribution in [1.82, 2.24) is 30.8 Å². The van der Waals surface area contributed by atoms with Gasteiger partial charge in [-0.15, -0.1) is 22.0 Å². The molecule has 0 aliphatic carbocycles. The number of amides is 2. The van der Waals surface area contributed by atoms with Gasteiger partial charge in [0.25, 0.3) is 5.91 Å². The van der Waals surface area contributed by atoms with Crippen molar-refractivity contribution in [3.63, 3.8) is 0 Å². The van der Waals surface area contributed by atoms with Gasteiger partial charge in [0, 0.05) is 5.75 Å². The molecule has 11 heteroatoms. The van der Waals surface area contributed by atoms with Crippen molar-refractivity contribution in [2.75, 3.05) is 5.75 Å². The first-order valence-corrected chi connectivity index (χ1v) is 7.02. The Hall–Kier alpha value is -2.43. The Kier molecular flexibility index (Phi) is 3.33. The molecule has 0 radical (unpaired) electrons. The Morgan fingerprint density at radius 2 is 2.38 bits per heavy atom. The third-order valence-corrected chi connectivity index (χ3v) is 4.27. The number of carboxylic acids is 1. The molecule has 1 saturated heterocycles. The standard InChI is InChI=1S/C10H10N6O4S/c17-6(3-5-12-14-15-13-5)11-7-8(18)16-4(10(19)20)1-2-21-9(7)16/h1,7,9H,2-3H2,(H,11,17)(H,19,20)(H,12,13,14,15)/t7?,9-/m1/s1. The Morgan fingerprint density at radius 1 is 1.57 bits per heavy atom. The van der Waals surface area contributed by atoms with Crippen molar-refractivity contribution in [3.05, 3.63) is 17.6 Å². The summed E-state index contributed by atoms with van der Waals surface area (Å²) in [5.74, 6) is -1.29. The van der Waals surface area contributed by atoms with Crippen LogP contribution < -0.4 is 5.32 Å². The van der Waals surface area contributed by atoms with E-state index in [1.807, 2.05) is 0 Å². The van der Waals surface area contributed by atoms with Gasteiger partial charge in [0.05, 0.1) is 6.42 Å². The highest BCUT2D eigenvalue weighted by molar-refractivity contribution is 8.00. The van der Waals surface area contributed by atoms with Crippen LogP contribution in [-0.4, -0.2) is 65.6 Å². The highest BCUT2D eigenvalue weighted by Gasteiger charge is 2.52. The van der Waals surface area contributed by atoms with Crippen LogP contribution in [0.5, 0.6) is 0 Å². The summed E-state index contributed by atoms with van der Waals surface area (Å²) in [5.41, 5.74) is -0.0348. The molecule has 3 rings (SSSR count). The van der Waals surface area contributed by atoms with E-state index < -0.39 is 23.8 Å². The van der Waals surface area contributed by atoms with Crippen LogP contribution in [0.2, 0.25) is 0 Å². The number of H-pyrrole nitrogens is 1. The van der Waals surface area contributed by atoms with Gasteiger partial charge in [0.15, 0.2) is 5.82 Å². The Balaban J connectivity index is 1.64. The fraction of sp³-hybridized carbons (Fsp3) is 0.400. The first-order chi connectivity index (χ1) is 10.1. The Bertz CT molecular complexity index is 630. The first kappa shape index (κ1) is 13.5. The highest BCUT2D eigenvalue weighted by atomic mass is 32.2. The number of thioether (sulfide) groups is 1. The molecule has 2 aliphatic rings. The number of aliphatic carboxylic acids is 1. The summed E-state index contributed by atoms with van der Waals surface area (Å²) < 4.78 is 0. The average Bonchev–Trinajstić information content (AvgIpc) is 2.96. The Labute approximate surface area is 121 Å². The second-order valence-electron chi connectivity index (χ2n) is 4.38. The van der Waals surface area contributed by atoms with Crippen molar-refractivity contribution >= 4 is 29.5 Å². The molecule has 2 atom stereocenters. The number of fused-ring (bicyclic) bond motifs is 1. The van der Waals surface area contributed by atoms with Crippen LogP contribution in [0.25, 0.3) is 0 Å². The largest absolute Gasteiger partial charge is 0.477 e. The predicted octanol–water partition coefficient (Wildman–Crippen LogP) is -1.89. The number of aromatic nitrogens is 4. The normalized spacial score (nSPS) is 23.9. The molecule has 0 spiro atoms. The van der Waals surface area contributed by atoms with Crippen LogP contribution in [0.15, 0.2) is 11.8 Å². The third-order valence-electron chi connectivity index (χ3n) is 3.09. The molecule has 3 N–H and O–H groups in total. The fourth-order valence-corrected chi connectivity index (χ4v) is 3.36. The third kappa shape index (κ3) is 2.35. The van der Waals surface area contributed by atoms with Crippen LogP contribution in [-0.2, 0) is 20.8 Å². The SMILES string of the molecule is O=C(Cc1nn[nH]n1)NC1C(=O)N2C(C(=O)O)=CCS[C@H]12. The number of nitrogens with one attached hydrogen (secondary N) is 2. The number of hydrogen-bond donors (Lipinski definition) is 3. The molecule has 1 unspecified atom stereocenters. The number of tetrazole rings is 1. The number of nitrogens with zero attached hydrogens (tertiary/aromatic N) is 4. The molecule has 21 heavy (non-hydrogen) atoms. The van der Waals surface area contributed by atoms with Crippen molar-refractivity contribution in [2.45, 2.75) is 17.8 Å². The zero-order valence-electron chi connectivity index (χ0n) is 10.5. The van der Waals surface area contributed by atoms with Gasteiger partial charge in [-0.2, -0.15) is 5.21 Å². The van der Waals surface area contributed by atoms with Crippen LogP contribution in [0, 0.1) is 0 Å². The lowest BCUT2D eigenvalue weighted by atomic mass is 10.0. The summed E-state index contributed by atoms with van der Waals surface area (Å²) in [5, 5.41) is 24.1. The number of carbonyl (C=O) groups excluding carboxylic acids is 2. The summed E-state index contributed by atoms with van der Waals surface area (Å²) in [6, 6.07) is -0.725. The van der Waals surface area contributed by atoms with Crippen molar-refractivity contribution in [3.8, 4) is 0 Å². The van der Waals surface area contributed by atoms with E-state index in [2.05, 4.69) is 25.9 Å². The van der Waals surface area contributed by atoms with Gasteiger partial charge in [-0.25, -0.2) is 4.79 Å². The lowest BCUT2D eigenvalue weighted by Gasteiger charge is -2.48. The molecule has 10 nitrogen and oxygen atoms in total. The number of hydrogen-bond acceptors (Lipinski definition) is 7. The van der Waals surface area contributed by atoms with E-state index >= 15 is 0 Å². The summed E-state index contributed by atoms with van der Waals surface area (Å²) in [7, 11) is 0. The van der Waals surface area contributed by atoms with Crippen molar-refractivity contribution in [1.29, 1.82) is 0 Å². The van der Waals surface area contributed by atoms with Gasteiger partial charge in [-0.3, -0.25) is 14.5 Å². The van der Waals surface area contributed by atoms with E-state index in [9.17, 15) is 14.4 Å². The fourth-order valence-electron chi connectivity index (χ4n) is 2.16. The first-order valence-electron chi connectivity index (χ1n) is 5.97. The molecule has 110 valence electrons. The van der Waals surface area contributed by atoms with Crippen molar-refractivity contribution in [2.24, 2.45) is 0 Å². The van der Waals surface area contributed by atoms with Crippen LogP contribution in [0.3, 0.4) is 0 Å². The zero-order valence-corrected chi connectivity index (χ0v) is 11.3. The van der Waals surface area contributed by atoms with E-state index in [1.54, 1.807) is 0 Å². The molecule has 2 amide bonds. The van der Waals surface area contributed by atoms with E-state index in [4.69, 9.17) is 5.11 Å².